The van der Waals surface area contributed by atoms with Crippen molar-refractivity contribution in [1.82, 2.24) is 9.55 Å². The van der Waals surface area contributed by atoms with E-state index in [0.717, 1.165) is 48.2 Å². The Morgan fingerprint density at radius 1 is 1.07 bits per heavy atom. The first kappa shape index (κ1) is 18.7. The average molecular weight is 377 g/mol. The van der Waals surface area contributed by atoms with Gasteiger partial charge < -0.3 is 10.6 Å². The third-order valence-electron chi connectivity index (χ3n) is 6.20. The lowest BCUT2D eigenvalue weighted by molar-refractivity contribution is 0.257. The Labute approximate surface area is 165 Å². The molecule has 0 unspecified atom stereocenters. The maximum absolute atomic E-state index is 13.2. The van der Waals surface area contributed by atoms with E-state index in [9.17, 15) is 4.79 Å². The topological polar surface area (TPSA) is 64.2 Å². The molecule has 3 aromatic rings. The van der Waals surface area contributed by atoms with Gasteiger partial charge in [-0.1, -0.05) is 37.3 Å². The van der Waals surface area contributed by atoms with E-state index in [1.165, 1.54) is 0 Å². The molecule has 4 rings (SSSR count). The van der Waals surface area contributed by atoms with E-state index in [1.54, 1.807) is 4.57 Å². The van der Waals surface area contributed by atoms with E-state index in [0.29, 0.717) is 17.9 Å². The Morgan fingerprint density at radius 2 is 1.75 bits per heavy atom. The second-order valence-corrected chi connectivity index (χ2v) is 8.28. The molecule has 0 atom stereocenters. The van der Waals surface area contributed by atoms with Gasteiger partial charge in [0.2, 0.25) is 0 Å². The van der Waals surface area contributed by atoms with Crippen molar-refractivity contribution in [3.63, 3.8) is 0 Å². The van der Waals surface area contributed by atoms with Crippen LogP contribution >= 0.6 is 0 Å². The molecule has 1 aliphatic rings. The summed E-state index contributed by atoms with van der Waals surface area (Å²) in [7, 11) is 0. The zero-order chi connectivity index (χ0) is 19.9. The molecule has 0 amide bonds. The minimum Gasteiger partial charge on any atom is -0.356 e. The number of nitrogens with zero attached hydrogens (tertiary/aromatic N) is 3. The van der Waals surface area contributed by atoms with Crippen LogP contribution in [-0.4, -0.2) is 29.2 Å². The zero-order valence-electron chi connectivity index (χ0n) is 16.9. The molecular weight excluding hydrogens is 348 g/mol. The molecule has 0 aliphatic carbocycles. The molecular formula is C23H28N4O. The minimum atomic E-state index is 0.00458. The fourth-order valence-corrected chi connectivity index (χ4v) is 4.09. The quantitative estimate of drug-likeness (QED) is 0.759. The first-order valence-electron chi connectivity index (χ1n) is 9.96. The van der Waals surface area contributed by atoms with Crippen LogP contribution in [-0.2, 0) is 0 Å². The largest absolute Gasteiger partial charge is 0.356 e. The van der Waals surface area contributed by atoms with Gasteiger partial charge >= 0.3 is 0 Å². The molecule has 2 heterocycles. The van der Waals surface area contributed by atoms with Crippen molar-refractivity contribution in [2.24, 2.45) is 11.1 Å². The minimum absolute atomic E-state index is 0.00458. The lowest BCUT2D eigenvalue weighted by Crippen LogP contribution is -2.43. The Hall–Kier alpha value is -2.66. The number of nitrogens with two attached hydrogens (primary N) is 1. The number of benzene rings is 2. The molecule has 0 radical (unpaired) electrons. The van der Waals surface area contributed by atoms with Crippen LogP contribution in [0.15, 0.2) is 47.3 Å². The molecule has 1 aromatic heterocycles. The number of piperidine rings is 1. The van der Waals surface area contributed by atoms with Crippen molar-refractivity contribution in [3.05, 3.63) is 64.2 Å². The maximum atomic E-state index is 13.2. The summed E-state index contributed by atoms with van der Waals surface area (Å²) < 4.78 is 1.72. The van der Waals surface area contributed by atoms with Gasteiger partial charge in [0.1, 0.15) is 11.6 Å². The normalized spacial score (nSPS) is 16.5. The van der Waals surface area contributed by atoms with Gasteiger partial charge in [-0.3, -0.25) is 9.36 Å². The number of hydrogen-bond acceptors (Lipinski definition) is 4. The average Bonchev–Trinajstić information content (AvgIpc) is 2.71. The van der Waals surface area contributed by atoms with E-state index in [1.807, 2.05) is 32.0 Å². The SMILES string of the molecule is Cc1c(N2CCC(C)(CN)CC2)nc(C)n(-c2ccc3ccccc3c2)c1=O. The third kappa shape index (κ3) is 3.20. The number of fused-ring (bicyclic) bond motifs is 1. The summed E-state index contributed by atoms with van der Waals surface area (Å²) in [5.74, 6) is 1.53. The summed E-state index contributed by atoms with van der Waals surface area (Å²) in [6, 6.07) is 14.3. The number of hydrogen-bond donors (Lipinski definition) is 1. The van der Waals surface area contributed by atoms with Crippen molar-refractivity contribution >= 4 is 16.6 Å². The van der Waals surface area contributed by atoms with E-state index in [-0.39, 0.29) is 11.0 Å². The molecule has 2 N–H and O–H groups in total. The van der Waals surface area contributed by atoms with Gasteiger partial charge in [0.05, 0.1) is 11.3 Å². The Morgan fingerprint density at radius 3 is 2.43 bits per heavy atom. The van der Waals surface area contributed by atoms with Crippen molar-refractivity contribution in [2.45, 2.75) is 33.6 Å². The van der Waals surface area contributed by atoms with Crippen LogP contribution in [0.5, 0.6) is 0 Å². The molecule has 2 aromatic carbocycles. The first-order valence-corrected chi connectivity index (χ1v) is 9.96. The van der Waals surface area contributed by atoms with Crippen LogP contribution in [0.25, 0.3) is 16.5 Å². The van der Waals surface area contributed by atoms with Crippen molar-refractivity contribution < 1.29 is 0 Å². The van der Waals surface area contributed by atoms with Crippen LogP contribution in [0, 0.1) is 19.3 Å². The summed E-state index contributed by atoms with van der Waals surface area (Å²) in [5, 5.41) is 2.28. The van der Waals surface area contributed by atoms with Gasteiger partial charge in [0.15, 0.2) is 0 Å². The van der Waals surface area contributed by atoms with E-state index >= 15 is 0 Å². The standard InChI is InChI=1S/C23H28N4O/c1-16-21(26-12-10-23(3,15-24)11-13-26)25-17(2)27(22(16)28)20-9-8-18-6-4-5-7-19(18)14-20/h4-9,14H,10-13,15,24H2,1-3H3. The summed E-state index contributed by atoms with van der Waals surface area (Å²) in [4.78, 5) is 20.3. The first-order chi connectivity index (χ1) is 13.4. The second-order valence-electron chi connectivity index (χ2n) is 8.28. The Balaban J connectivity index is 1.73. The summed E-state index contributed by atoms with van der Waals surface area (Å²) in [5.41, 5.74) is 7.70. The molecule has 1 fully saturated rings. The molecule has 1 saturated heterocycles. The van der Waals surface area contributed by atoms with Crippen LogP contribution in [0.1, 0.15) is 31.2 Å². The highest BCUT2D eigenvalue weighted by Gasteiger charge is 2.30. The highest BCUT2D eigenvalue weighted by Crippen LogP contribution is 2.32. The monoisotopic (exact) mass is 376 g/mol. The Kier molecular flexibility index (Phi) is 4.71. The third-order valence-corrected chi connectivity index (χ3v) is 6.20. The number of aromatic nitrogens is 2. The van der Waals surface area contributed by atoms with Gasteiger partial charge in [0, 0.05) is 13.1 Å². The lowest BCUT2D eigenvalue weighted by Gasteiger charge is -2.39. The molecule has 28 heavy (non-hydrogen) atoms. The summed E-state index contributed by atoms with van der Waals surface area (Å²) in [6.07, 6.45) is 2.05. The molecule has 0 spiro atoms. The zero-order valence-corrected chi connectivity index (χ0v) is 16.9. The molecule has 0 saturated carbocycles. The molecule has 5 heteroatoms. The van der Waals surface area contributed by atoms with Gasteiger partial charge in [-0.2, -0.15) is 0 Å². The van der Waals surface area contributed by atoms with Gasteiger partial charge in [-0.05, 0) is 61.6 Å². The van der Waals surface area contributed by atoms with E-state index in [4.69, 9.17) is 10.7 Å². The fraction of sp³-hybridized carbons (Fsp3) is 0.391. The van der Waals surface area contributed by atoms with Crippen LogP contribution < -0.4 is 16.2 Å². The molecule has 146 valence electrons. The van der Waals surface area contributed by atoms with E-state index < -0.39 is 0 Å². The van der Waals surface area contributed by atoms with Crippen molar-refractivity contribution in [1.29, 1.82) is 0 Å². The number of rotatable bonds is 3. The van der Waals surface area contributed by atoms with Crippen LogP contribution in [0.2, 0.25) is 0 Å². The highest BCUT2D eigenvalue weighted by atomic mass is 16.1. The smallest absolute Gasteiger partial charge is 0.263 e. The van der Waals surface area contributed by atoms with Crippen molar-refractivity contribution in [2.75, 3.05) is 24.5 Å². The molecule has 1 aliphatic heterocycles. The van der Waals surface area contributed by atoms with Gasteiger partial charge in [0.25, 0.3) is 5.56 Å². The molecule has 5 nitrogen and oxygen atoms in total. The summed E-state index contributed by atoms with van der Waals surface area (Å²) in [6.45, 7) is 8.52. The van der Waals surface area contributed by atoms with Gasteiger partial charge in [-0.15, -0.1) is 0 Å². The van der Waals surface area contributed by atoms with Gasteiger partial charge in [-0.25, -0.2) is 4.98 Å². The lowest BCUT2D eigenvalue weighted by atomic mass is 9.80. The van der Waals surface area contributed by atoms with Crippen LogP contribution in [0.3, 0.4) is 0 Å². The highest BCUT2D eigenvalue weighted by molar-refractivity contribution is 5.84. The van der Waals surface area contributed by atoms with Crippen LogP contribution in [0.4, 0.5) is 5.82 Å². The van der Waals surface area contributed by atoms with Crippen molar-refractivity contribution in [3.8, 4) is 5.69 Å². The Bertz CT molecular complexity index is 1080. The fourth-order valence-electron chi connectivity index (χ4n) is 4.09. The predicted octanol–water partition coefficient (Wildman–Crippen LogP) is 3.57. The predicted molar refractivity (Wildman–Crippen MR) is 115 cm³/mol. The summed E-state index contributed by atoms with van der Waals surface area (Å²) >= 11 is 0. The number of anilines is 1. The van der Waals surface area contributed by atoms with E-state index in [2.05, 4.69) is 36.1 Å². The number of aryl methyl sites for hydroxylation is 1. The second kappa shape index (κ2) is 7.06. The maximum Gasteiger partial charge on any atom is 0.263 e. The molecule has 0 bridgehead atoms.